The molecule has 0 heterocycles. The average Bonchev–Trinajstić information content (AvgIpc) is 2.42. The minimum atomic E-state index is -0.0661. The van der Waals surface area contributed by atoms with E-state index in [1.165, 1.54) is 5.56 Å². The van der Waals surface area contributed by atoms with E-state index in [2.05, 4.69) is 19.1 Å². The van der Waals surface area contributed by atoms with Crippen LogP contribution in [0, 0.1) is 0 Å². The molecule has 0 radical (unpaired) electrons. The molecular weight excluding hydrogens is 238 g/mol. The third kappa shape index (κ3) is 4.87. The highest BCUT2D eigenvalue weighted by molar-refractivity contribution is 5.91. The van der Waals surface area contributed by atoms with Crippen LogP contribution in [0.25, 0.3) is 6.08 Å². The van der Waals surface area contributed by atoms with Crippen molar-refractivity contribution < 1.29 is 9.90 Å². The molecule has 0 spiro atoms. The Bertz CT molecular complexity index is 421. The summed E-state index contributed by atoms with van der Waals surface area (Å²) in [6.07, 6.45) is 4.39. The van der Waals surface area contributed by atoms with Crippen molar-refractivity contribution in [1.82, 2.24) is 4.90 Å². The molecule has 1 aromatic carbocycles. The molecule has 1 rings (SSSR count). The second kappa shape index (κ2) is 7.74. The lowest BCUT2D eigenvalue weighted by Crippen LogP contribution is -2.37. The molecule has 0 saturated heterocycles. The van der Waals surface area contributed by atoms with E-state index in [-0.39, 0.29) is 18.6 Å². The molecule has 0 bridgehead atoms. The Morgan fingerprint density at radius 3 is 2.42 bits per heavy atom. The number of carbonyl (C=O) groups excluding carboxylic acids is 1. The maximum absolute atomic E-state index is 12.0. The van der Waals surface area contributed by atoms with Gasteiger partial charge in [-0.2, -0.15) is 0 Å². The maximum atomic E-state index is 12.0. The lowest BCUT2D eigenvalue weighted by molar-refractivity contribution is -0.128. The minimum Gasteiger partial charge on any atom is -0.395 e. The van der Waals surface area contributed by atoms with Crippen LogP contribution in [0.3, 0.4) is 0 Å². The first kappa shape index (κ1) is 15.4. The summed E-state index contributed by atoms with van der Waals surface area (Å²) in [5.74, 6) is -0.0661. The van der Waals surface area contributed by atoms with Crippen LogP contribution in [0.1, 0.15) is 31.9 Å². The van der Waals surface area contributed by atoms with Crippen LogP contribution in [-0.4, -0.2) is 35.1 Å². The molecule has 104 valence electrons. The summed E-state index contributed by atoms with van der Waals surface area (Å²) >= 11 is 0. The van der Waals surface area contributed by atoms with E-state index in [1.54, 1.807) is 11.0 Å². The third-order valence-electron chi connectivity index (χ3n) is 3.05. The molecule has 0 aliphatic rings. The number of amides is 1. The van der Waals surface area contributed by atoms with Gasteiger partial charge in [0.1, 0.15) is 0 Å². The molecule has 1 amide bonds. The van der Waals surface area contributed by atoms with E-state index in [4.69, 9.17) is 5.11 Å². The van der Waals surface area contributed by atoms with E-state index >= 15 is 0 Å². The first-order valence-corrected chi connectivity index (χ1v) is 6.77. The summed E-state index contributed by atoms with van der Waals surface area (Å²) in [5.41, 5.74) is 2.30. The topological polar surface area (TPSA) is 40.5 Å². The van der Waals surface area contributed by atoms with Crippen molar-refractivity contribution in [2.24, 2.45) is 0 Å². The molecule has 19 heavy (non-hydrogen) atoms. The Hall–Kier alpha value is -1.61. The van der Waals surface area contributed by atoms with Crippen LogP contribution in [0.15, 0.2) is 30.3 Å². The lowest BCUT2D eigenvalue weighted by Gasteiger charge is -2.24. The van der Waals surface area contributed by atoms with Gasteiger partial charge in [-0.3, -0.25) is 4.79 Å². The number of carbonyl (C=O) groups is 1. The number of aliphatic hydroxyl groups is 1. The van der Waals surface area contributed by atoms with Gasteiger partial charge in [0.2, 0.25) is 5.91 Å². The zero-order chi connectivity index (χ0) is 14.3. The van der Waals surface area contributed by atoms with Gasteiger partial charge in [0.05, 0.1) is 6.61 Å². The summed E-state index contributed by atoms with van der Waals surface area (Å²) in [7, 11) is 0. The number of aryl methyl sites for hydroxylation is 1. The van der Waals surface area contributed by atoms with Crippen LogP contribution >= 0.6 is 0 Å². The van der Waals surface area contributed by atoms with Gasteiger partial charge in [0, 0.05) is 18.7 Å². The fourth-order valence-corrected chi connectivity index (χ4v) is 1.86. The predicted molar refractivity (Wildman–Crippen MR) is 78.8 cm³/mol. The number of nitrogens with zero attached hydrogens (tertiary/aromatic N) is 1. The third-order valence-corrected chi connectivity index (χ3v) is 3.05. The zero-order valence-electron chi connectivity index (χ0n) is 12.0. The SMILES string of the molecule is CCc1ccc(/C=C/C(=O)N(CCO)C(C)C)cc1. The van der Waals surface area contributed by atoms with Crippen molar-refractivity contribution >= 4 is 12.0 Å². The molecule has 3 heteroatoms. The van der Waals surface area contributed by atoms with Gasteiger partial charge in [-0.15, -0.1) is 0 Å². The van der Waals surface area contributed by atoms with Crippen molar-refractivity contribution in [2.45, 2.75) is 33.2 Å². The van der Waals surface area contributed by atoms with E-state index in [0.717, 1.165) is 12.0 Å². The molecule has 1 N–H and O–H groups in total. The van der Waals surface area contributed by atoms with Gasteiger partial charge in [0.15, 0.2) is 0 Å². The van der Waals surface area contributed by atoms with Gasteiger partial charge < -0.3 is 10.0 Å². The van der Waals surface area contributed by atoms with E-state index < -0.39 is 0 Å². The fourth-order valence-electron chi connectivity index (χ4n) is 1.86. The molecule has 0 aliphatic heterocycles. The smallest absolute Gasteiger partial charge is 0.246 e. The van der Waals surface area contributed by atoms with Crippen molar-refractivity contribution in [1.29, 1.82) is 0 Å². The quantitative estimate of drug-likeness (QED) is 0.799. The zero-order valence-corrected chi connectivity index (χ0v) is 12.0. The predicted octanol–water partition coefficient (Wildman–Crippen LogP) is 2.49. The first-order valence-electron chi connectivity index (χ1n) is 6.77. The normalized spacial score (nSPS) is 11.2. The number of aliphatic hydroxyl groups excluding tert-OH is 1. The van der Waals surface area contributed by atoms with Crippen molar-refractivity contribution in [3.63, 3.8) is 0 Å². The molecular formula is C16H23NO2. The summed E-state index contributed by atoms with van der Waals surface area (Å²) in [4.78, 5) is 13.6. The molecule has 1 aromatic rings. The van der Waals surface area contributed by atoms with E-state index in [1.807, 2.05) is 32.1 Å². The minimum absolute atomic E-state index is 0.0110. The number of rotatable bonds is 6. The molecule has 0 atom stereocenters. The van der Waals surface area contributed by atoms with Crippen molar-refractivity contribution in [3.8, 4) is 0 Å². The monoisotopic (exact) mass is 261 g/mol. The largest absolute Gasteiger partial charge is 0.395 e. The van der Waals surface area contributed by atoms with Crippen LogP contribution in [-0.2, 0) is 11.2 Å². The molecule has 0 aromatic heterocycles. The van der Waals surface area contributed by atoms with Crippen molar-refractivity contribution in [2.75, 3.05) is 13.2 Å². The average molecular weight is 261 g/mol. The summed E-state index contributed by atoms with van der Waals surface area (Å²) < 4.78 is 0. The molecule has 3 nitrogen and oxygen atoms in total. The highest BCUT2D eigenvalue weighted by atomic mass is 16.3. The van der Waals surface area contributed by atoms with Gasteiger partial charge in [-0.05, 0) is 37.5 Å². The van der Waals surface area contributed by atoms with Crippen LogP contribution in [0.4, 0.5) is 0 Å². The van der Waals surface area contributed by atoms with Gasteiger partial charge in [-0.25, -0.2) is 0 Å². The van der Waals surface area contributed by atoms with Gasteiger partial charge in [0.25, 0.3) is 0 Å². The highest BCUT2D eigenvalue weighted by Crippen LogP contribution is 2.08. The maximum Gasteiger partial charge on any atom is 0.246 e. The Morgan fingerprint density at radius 2 is 1.95 bits per heavy atom. The molecule has 0 fully saturated rings. The Labute approximate surface area is 115 Å². The standard InChI is InChI=1S/C16H23NO2/c1-4-14-5-7-15(8-6-14)9-10-16(19)17(11-12-18)13(2)3/h5-10,13,18H,4,11-12H2,1-3H3/b10-9+. The number of benzene rings is 1. The molecule has 0 saturated carbocycles. The van der Waals surface area contributed by atoms with Gasteiger partial charge in [-0.1, -0.05) is 31.2 Å². The Balaban J connectivity index is 2.70. The highest BCUT2D eigenvalue weighted by Gasteiger charge is 2.12. The summed E-state index contributed by atoms with van der Waals surface area (Å²) in [6, 6.07) is 8.24. The molecule has 0 aliphatic carbocycles. The second-order valence-electron chi connectivity index (χ2n) is 4.78. The number of hydrogen-bond acceptors (Lipinski definition) is 2. The molecule has 0 unspecified atom stereocenters. The van der Waals surface area contributed by atoms with Crippen LogP contribution in [0.2, 0.25) is 0 Å². The Kier molecular flexibility index (Phi) is 6.30. The Morgan fingerprint density at radius 1 is 1.32 bits per heavy atom. The summed E-state index contributed by atoms with van der Waals surface area (Å²) in [6.45, 7) is 6.36. The summed E-state index contributed by atoms with van der Waals surface area (Å²) in [5, 5.41) is 8.96. The fraction of sp³-hybridized carbons (Fsp3) is 0.438. The van der Waals surface area contributed by atoms with Gasteiger partial charge >= 0.3 is 0 Å². The van der Waals surface area contributed by atoms with Crippen LogP contribution < -0.4 is 0 Å². The second-order valence-corrected chi connectivity index (χ2v) is 4.78. The van der Waals surface area contributed by atoms with E-state index in [9.17, 15) is 4.79 Å². The van der Waals surface area contributed by atoms with E-state index in [0.29, 0.717) is 6.54 Å². The van der Waals surface area contributed by atoms with Crippen molar-refractivity contribution in [3.05, 3.63) is 41.5 Å². The lowest BCUT2D eigenvalue weighted by atomic mass is 10.1. The number of hydrogen-bond donors (Lipinski definition) is 1. The van der Waals surface area contributed by atoms with Crippen LogP contribution in [0.5, 0.6) is 0 Å². The first-order chi connectivity index (χ1) is 9.08.